The van der Waals surface area contributed by atoms with Gasteiger partial charge in [-0.25, -0.2) is 4.79 Å². The maximum atomic E-state index is 11.6. The van der Waals surface area contributed by atoms with Gasteiger partial charge >= 0.3 is 5.97 Å². The molecule has 0 saturated carbocycles. The van der Waals surface area contributed by atoms with Crippen molar-refractivity contribution in [2.24, 2.45) is 0 Å². The number of carbonyl (C=O) groups is 1. The van der Waals surface area contributed by atoms with Crippen molar-refractivity contribution < 1.29 is 14.3 Å². The molecule has 2 aromatic rings. The zero-order valence-electron chi connectivity index (χ0n) is 14.8. The van der Waals surface area contributed by atoms with E-state index in [0.29, 0.717) is 6.61 Å². The number of nitriles is 1. The Morgan fingerprint density at radius 3 is 2.73 bits per heavy atom. The molecule has 0 radical (unpaired) electrons. The Morgan fingerprint density at radius 2 is 2.00 bits per heavy atom. The number of rotatable bonds is 9. The van der Waals surface area contributed by atoms with E-state index in [2.05, 4.69) is 17.4 Å². The molecule has 0 amide bonds. The first-order chi connectivity index (χ1) is 12.7. The minimum Gasteiger partial charge on any atom is -0.494 e. The third-order valence-corrected chi connectivity index (χ3v) is 3.55. The van der Waals surface area contributed by atoms with Crippen LogP contribution < -0.4 is 10.1 Å². The second-order valence-electron chi connectivity index (χ2n) is 5.50. The van der Waals surface area contributed by atoms with Crippen molar-refractivity contribution in [3.63, 3.8) is 0 Å². The number of nitrogens with zero attached hydrogens (tertiary/aromatic N) is 1. The number of benzene rings is 2. The molecule has 0 aromatic heterocycles. The lowest BCUT2D eigenvalue weighted by atomic mass is 10.1. The molecule has 0 unspecified atom stereocenters. The van der Waals surface area contributed by atoms with Crippen LogP contribution in [0.2, 0.25) is 0 Å². The van der Waals surface area contributed by atoms with Crippen LogP contribution in [0, 0.1) is 11.3 Å². The number of ether oxygens (including phenoxy) is 2. The molecule has 0 heterocycles. The van der Waals surface area contributed by atoms with E-state index in [1.807, 2.05) is 48.5 Å². The lowest BCUT2D eigenvalue weighted by Crippen LogP contribution is -2.08. The summed E-state index contributed by atoms with van der Waals surface area (Å²) in [5.74, 6) is 0.0851. The molecule has 26 heavy (non-hydrogen) atoms. The molecule has 134 valence electrons. The van der Waals surface area contributed by atoms with Gasteiger partial charge in [0.15, 0.2) is 5.57 Å². The Labute approximate surface area is 153 Å². The van der Waals surface area contributed by atoms with E-state index in [-0.39, 0.29) is 12.2 Å². The van der Waals surface area contributed by atoms with Crippen molar-refractivity contribution >= 4 is 11.7 Å². The zero-order valence-corrected chi connectivity index (χ0v) is 14.8. The van der Waals surface area contributed by atoms with Gasteiger partial charge in [-0.3, -0.25) is 0 Å². The minimum atomic E-state index is -0.643. The lowest BCUT2D eigenvalue weighted by molar-refractivity contribution is -0.138. The molecule has 1 N–H and O–H groups in total. The van der Waals surface area contributed by atoms with Gasteiger partial charge in [-0.1, -0.05) is 36.4 Å². The SMILES string of the molecule is CCOC(=O)/C(C#N)=C/Nc1cccc(OCCCc2ccccc2)c1. The molecule has 0 saturated heterocycles. The third-order valence-electron chi connectivity index (χ3n) is 3.55. The summed E-state index contributed by atoms with van der Waals surface area (Å²) in [6.45, 7) is 2.53. The van der Waals surface area contributed by atoms with Gasteiger partial charge < -0.3 is 14.8 Å². The predicted octanol–water partition coefficient (Wildman–Crippen LogP) is 4.08. The Balaban J connectivity index is 1.85. The van der Waals surface area contributed by atoms with Crippen LogP contribution in [0.25, 0.3) is 0 Å². The summed E-state index contributed by atoms with van der Waals surface area (Å²) in [6, 6.07) is 19.5. The van der Waals surface area contributed by atoms with E-state index in [4.69, 9.17) is 14.7 Å². The minimum absolute atomic E-state index is 0.0824. The first-order valence-corrected chi connectivity index (χ1v) is 8.53. The molecule has 0 spiro atoms. The number of nitrogens with one attached hydrogen (secondary N) is 1. The molecule has 5 nitrogen and oxygen atoms in total. The molecule has 0 atom stereocenters. The fraction of sp³-hybridized carbons (Fsp3) is 0.238. The number of hydrogen-bond donors (Lipinski definition) is 1. The number of hydrogen-bond acceptors (Lipinski definition) is 5. The summed E-state index contributed by atoms with van der Waals surface area (Å²) in [5, 5.41) is 11.9. The van der Waals surface area contributed by atoms with Gasteiger partial charge in [0.25, 0.3) is 0 Å². The highest BCUT2D eigenvalue weighted by atomic mass is 16.5. The second-order valence-corrected chi connectivity index (χ2v) is 5.50. The molecule has 5 heteroatoms. The van der Waals surface area contributed by atoms with Gasteiger partial charge in [0.05, 0.1) is 13.2 Å². The fourth-order valence-corrected chi connectivity index (χ4v) is 2.29. The van der Waals surface area contributed by atoms with Gasteiger partial charge in [0.2, 0.25) is 0 Å². The van der Waals surface area contributed by atoms with Crippen LogP contribution in [-0.2, 0) is 16.0 Å². The van der Waals surface area contributed by atoms with Crippen LogP contribution >= 0.6 is 0 Å². The molecular formula is C21H22N2O3. The van der Waals surface area contributed by atoms with Crippen LogP contribution in [0.4, 0.5) is 5.69 Å². The van der Waals surface area contributed by atoms with Gasteiger partial charge in [-0.15, -0.1) is 0 Å². The van der Waals surface area contributed by atoms with Crippen molar-refractivity contribution in [3.05, 3.63) is 71.9 Å². The second kappa shape index (κ2) is 10.6. The predicted molar refractivity (Wildman–Crippen MR) is 101 cm³/mol. The summed E-state index contributed by atoms with van der Waals surface area (Å²) in [4.78, 5) is 11.6. The number of aryl methyl sites for hydroxylation is 1. The average molecular weight is 350 g/mol. The summed E-state index contributed by atoms with van der Waals surface area (Å²) in [6.07, 6.45) is 3.22. The van der Waals surface area contributed by atoms with Gasteiger partial charge in [0, 0.05) is 18.0 Å². The Morgan fingerprint density at radius 1 is 1.19 bits per heavy atom. The molecule has 0 aliphatic carbocycles. The molecule has 0 bridgehead atoms. The monoisotopic (exact) mass is 350 g/mol. The van der Waals surface area contributed by atoms with Crippen molar-refractivity contribution in [3.8, 4) is 11.8 Å². The molecule has 0 aliphatic heterocycles. The highest BCUT2D eigenvalue weighted by Crippen LogP contribution is 2.18. The molecule has 2 rings (SSSR count). The van der Waals surface area contributed by atoms with E-state index in [0.717, 1.165) is 24.3 Å². The number of esters is 1. The van der Waals surface area contributed by atoms with Gasteiger partial charge in [-0.05, 0) is 37.5 Å². The summed E-state index contributed by atoms with van der Waals surface area (Å²) < 4.78 is 10.6. The molecule has 0 fully saturated rings. The van der Waals surface area contributed by atoms with Crippen LogP contribution in [-0.4, -0.2) is 19.2 Å². The molecule has 2 aromatic carbocycles. The van der Waals surface area contributed by atoms with Crippen molar-refractivity contribution in [1.29, 1.82) is 5.26 Å². The number of anilines is 1. The van der Waals surface area contributed by atoms with E-state index >= 15 is 0 Å². The highest BCUT2D eigenvalue weighted by Gasteiger charge is 2.09. The van der Waals surface area contributed by atoms with Crippen molar-refractivity contribution in [2.45, 2.75) is 19.8 Å². The first kappa shape index (κ1) is 19.1. The maximum absolute atomic E-state index is 11.6. The highest BCUT2D eigenvalue weighted by molar-refractivity contribution is 5.93. The van der Waals surface area contributed by atoms with Crippen LogP contribution in [0.15, 0.2) is 66.4 Å². The van der Waals surface area contributed by atoms with Crippen LogP contribution in [0.5, 0.6) is 5.75 Å². The topological polar surface area (TPSA) is 71.4 Å². The lowest BCUT2D eigenvalue weighted by Gasteiger charge is -2.08. The quantitative estimate of drug-likeness (QED) is 0.319. The Kier molecular flexibility index (Phi) is 7.75. The average Bonchev–Trinajstić information content (AvgIpc) is 2.67. The first-order valence-electron chi connectivity index (χ1n) is 8.53. The van der Waals surface area contributed by atoms with E-state index in [9.17, 15) is 4.79 Å². The van der Waals surface area contributed by atoms with Crippen LogP contribution in [0.1, 0.15) is 18.9 Å². The zero-order chi connectivity index (χ0) is 18.6. The standard InChI is InChI=1S/C21H22N2O3/c1-2-25-21(24)18(15-22)16-23-19-11-6-12-20(14-19)26-13-7-10-17-8-4-3-5-9-17/h3-6,8-9,11-12,14,16,23H,2,7,10,13H2,1H3/b18-16+. The summed E-state index contributed by atoms with van der Waals surface area (Å²) in [7, 11) is 0. The third kappa shape index (κ3) is 6.33. The Hall–Kier alpha value is -3.26. The maximum Gasteiger partial charge on any atom is 0.350 e. The van der Waals surface area contributed by atoms with E-state index < -0.39 is 5.97 Å². The van der Waals surface area contributed by atoms with Gasteiger partial charge in [0.1, 0.15) is 11.8 Å². The summed E-state index contributed by atoms with van der Waals surface area (Å²) in [5.41, 5.74) is 1.93. The van der Waals surface area contributed by atoms with Crippen molar-refractivity contribution in [2.75, 3.05) is 18.5 Å². The molecule has 0 aliphatic rings. The normalized spacial score (nSPS) is 10.7. The molecular weight excluding hydrogens is 328 g/mol. The van der Waals surface area contributed by atoms with Crippen molar-refractivity contribution in [1.82, 2.24) is 0 Å². The Bertz CT molecular complexity index is 779. The van der Waals surface area contributed by atoms with Gasteiger partial charge in [-0.2, -0.15) is 5.26 Å². The smallest absolute Gasteiger partial charge is 0.350 e. The number of carbonyl (C=O) groups excluding carboxylic acids is 1. The van der Waals surface area contributed by atoms with E-state index in [1.165, 1.54) is 11.8 Å². The van der Waals surface area contributed by atoms with E-state index in [1.54, 1.807) is 6.92 Å². The largest absolute Gasteiger partial charge is 0.494 e. The van der Waals surface area contributed by atoms with Crippen LogP contribution in [0.3, 0.4) is 0 Å². The fourth-order valence-electron chi connectivity index (χ4n) is 2.29. The summed E-state index contributed by atoms with van der Waals surface area (Å²) >= 11 is 0.